The van der Waals surface area contributed by atoms with Gasteiger partial charge < -0.3 is 26.4 Å². The number of likely N-dealkylation sites (tertiary alicyclic amines) is 1. The Bertz CT molecular complexity index is 1410. The lowest BCUT2D eigenvalue weighted by Crippen LogP contribution is -2.54. The number of carboxylic acid groups (broad SMARTS) is 1. The van der Waals surface area contributed by atoms with Crippen molar-refractivity contribution in [1.29, 1.82) is 0 Å². The van der Waals surface area contributed by atoms with Crippen LogP contribution in [0, 0.1) is 5.41 Å². The molecule has 1 heterocycles. The molecule has 4 rings (SSSR count). The molecule has 3 aromatic carbocycles. The van der Waals surface area contributed by atoms with Crippen LogP contribution in [0.1, 0.15) is 44.2 Å². The van der Waals surface area contributed by atoms with Crippen LogP contribution in [0.5, 0.6) is 0 Å². The number of piperidine rings is 1. The van der Waals surface area contributed by atoms with E-state index >= 15 is 0 Å². The number of amides is 2. The third-order valence-electron chi connectivity index (χ3n) is 8.37. The molecule has 0 saturated carbocycles. The van der Waals surface area contributed by atoms with Gasteiger partial charge in [0, 0.05) is 32.1 Å². The zero-order valence-corrected chi connectivity index (χ0v) is 27.0. The van der Waals surface area contributed by atoms with Crippen molar-refractivity contribution in [3.05, 3.63) is 108 Å². The minimum atomic E-state index is -0.930. The smallest absolute Gasteiger partial charge is 0.310 e. The van der Waals surface area contributed by atoms with Crippen LogP contribution in [0.4, 0.5) is 0 Å². The third kappa shape index (κ3) is 9.86. The minimum absolute atomic E-state index is 0.172. The summed E-state index contributed by atoms with van der Waals surface area (Å²) < 4.78 is 0. The SMILES string of the molecule is CN.CN(C(=O)/C=C/CC(C)(C)N)[C@H](Cc1ccc(-c2ccccc2)cc1)C(=O)N1CCC(Cc2ccccc2)(C(=O)O)CC1. The molecule has 0 aromatic heterocycles. The van der Waals surface area contributed by atoms with Gasteiger partial charge in [0.1, 0.15) is 6.04 Å². The van der Waals surface area contributed by atoms with Gasteiger partial charge in [0.25, 0.3) is 0 Å². The summed E-state index contributed by atoms with van der Waals surface area (Å²) in [7, 11) is 3.15. The maximum atomic E-state index is 14.0. The number of aliphatic carboxylic acids is 1. The van der Waals surface area contributed by atoms with E-state index < -0.39 is 23.0 Å². The van der Waals surface area contributed by atoms with E-state index in [1.54, 1.807) is 18.0 Å². The number of hydrogen-bond donors (Lipinski definition) is 3. The normalized spacial score (nSPS) is 15.1. The molecule has 0 aliphatic carbocycles. The average Bonchev–Trinajstić information content (AvgIpc) is 3.05. The lowest BCUT2D eigenvalue weighted by Gasteiger charge is -2.41. The first-order valence-electron chi connectivity index (χ1n) is 15.5. The number of benzene rings is 3. The standard InChI is InChI=1S/C36H43N3O4.CH5N/c1-35(2,37)20-10-15-32(40)38(3)31(25-27-16-18-30(19-17-27)29-13-8-5-9-14-29)33(41)39-23-21-36(22-24-39,34(42)43)26-28-11-6-4-7-12-28;1-2/h4-19,31H,20-26,37H2,1-3H3,(H,42,43);2H2,1H3/b15-10+;/t31-;/m1./s1. The molecule has 0 radical (unpaired) electrons. The first-order chi connectivity index (χ1) is 21.5. The molecule has 1 atom stereocenters. The highest BCUT2D eigenvalue weighted by molar-refractivity contribution is 5.93. The fraction of sp³-hybridized carbons (Fsp3) is 0.378. The summed E-state index contributed by atoms with van der Waals surface area (Å²) in [6, 6.07) is 27.0. The Hall–Kier alpha value is -4.27. The van der Waals surface area contributed by atoms with Crippen LogP contribution in [0.25, 0.3) is 11.1 Å². The Morgan fingerprint density at radius 1 is 0.889 bits per heavy atom. The van der Waals surface area contributed by atoms with E-state index in [4.69, 9.17) is 5.73 Å². The van der Waals surface area contributed by atoms with Gasteiger partial charge in [-0.15, -0.1) is 0 Å². The topological polar surface area (TPSA) is 130 Å². The quantitative estimate of drug-likeness (QED) is 0.264. The van der Waals surface area contributed by atoms with E-state index in [-0.39, 0.29) is 11.8 Å². The largest absolute Gasteiger partial charge is 0.481 e. The van der Waals surface area contributed by atoms with E-state index in [1.807, 2.05) is 98.8 Å². The predicted octanol–water partition coefficient (Wildman–Crippen LogP) is 4.92. The fourth-order valence-corrected chi connectivity index (χ4v) is 5.63. The van der Waals surface area contributed by atoms with Crippen molar-refractivity contribution in [2.75, 3.05) is 27.2 Å². The number of carbonyl (C=O) groups is 3. The van der Waals surface area contributed by atoms with E-state index in [2.05, 4.69) is 5.73 Å². The second-order valence-corrected chi connectivity index (χ2v) is 12.4. The summed E-state index contributed by atoms with van der Waals surface area (Å²) in [6.45, 7) is 4.42. The number of carbonyl (C=O) groups excluding carboxylic acids is 2. The Morgan fingerprint density at radius 2 is 1.42 bits per heavy atom. The molecule has 2 amide bonds. The summed E-state index contributed by atoms with van der Waals surface area (Å²) in [5, 5.41) is 10.2. The van der Waals surface area contributed by atoms with Crippen LogP contribution >= 0.6 is 0 Å². The van der Waals surface area contributed by atoms with E-state index in [0.717, 1.165) is 22.3 Å². The van der Waals surface area contributed by atoms with Gasteiger partial charge in [0.05, 0.1) is 5.41 Å². The maximum Gasteiger partial charge on any atom is 0.310 e. The van der Waals surface area contributed by atoms with E-state index in [9.17, 15) is 19.5 Å². The van der Waals surface area contributed by atoms with Crippen LogP contribution < -0.4 is 11.5 Å². The van der Waals surface area contributed by atoms with Crippen molar-refractivity contribution in [2.45, 2.75) is 57.5 Å². The summed E-state index contributed by atoms with van der Waals surface area (Å²) in [5.74, 6) is -1.28. The van der Waals surface area contributed by atoms with E-state index in [0.29, 0.717) is 45.2 Å². The van der Waals surface area contributed by atoms with Gasteiger partial charge in [-0.1, -0.05) is 91.0 Å². The number of carboxylic acids is 1. The molecule has 0 bridgehead atoms. The molecule has 3 aromatic rings. The Balaban J connectivity index is 0.00000271. The Labute approximate surface area is 267 Å². The van der Waals surface area contributed by atoms with Crippen LogP contribution in [-0.2, 0) is 27.2 Å². The van der Waals surface area contributed by atoms with Crippen molar-refractivity contribution in [2.24, 2.45) is 16.9 Å². The predicted molar refractivity (Wildman–Crippen MR) is 180 cm³/mol. The first-order valence-corrected chi connectivity index (χ1v) is 15.5. The fourth-order valence-electron chi connectivity index (χ4n) is 5.63. The minimum Gasteiger partial charge on any atom is -0.481 e. The van der Waals surface area contributed by atoms with Crippen molar-refractivity contribution < 1.29 is 19.5 Å². The van der Waals surface area contributed by atoms with Crippen molar-refractivity contribution in [3.8, 4) is 11.1 Å². The van der Waals surface area contributed by atoms with Gasteiger partial charge in [0.15, 0.2) is 0 Å². The highest BCUT2D eigenvalue weighted by Gasteiger charge is 2.43. The molecular formula is C37H48N4O4. The molecule has 240 valence electrons. The molecule has 8 nitrogen and oxygen atoms in total. The van der Waals surface area contributed by atoms with Crippen molar-refractivity contribution in [1.82, 2.24) is 9.80 Å². The third-order valence-corrected chi connectivity index (χ3v) is 8.37. The van der Waals surface area contributed by atoms with Crippen LogP contribution in [-0.4, -0.2) is 71.5 Å². The zero-order valence-electron chi connectivity index (χ0n) is 27.0. The van der Waals surface area contributed by atoms with Crippen LogP contribution in [0.3, 0.4) is 0 Å². The highest BCUT2D eigenvalue weighted by Crippen LogP contribution is 2.36. The Morgan fingerprint density at radius 3 is 1.96 bits per heavy atom. The molecule has 1 aliphatic rings. The van der Waals surface area contributed by atoms with Gasteiger partial charge in [0.2, 0.25) is 11.8 Å². The van der Waals surface area contributed by atoms with Gasteiger partial charge in [-0.05, 0) is 74.9 Å². The second-order valence-electron chi connectivity index (χ2n) is 12.4. The number of nitrogens with two attached hydrogens (primary N) is 2. The molecule has 8 heteroatoms. The molecule has 0 unspecified atom stereocenters. The number of rotatable bonds is 11. The number of nitrogens with zero attached hydrogens (tertiary/aromatic N) is 2. The molecular weight excluding hydrogens is 564 g/mol. The van der Waals surface area contributed by atoms with Gasteiger partial charge >= 0.3 is 5.97 Å². The highest BCUT2D eigenvalue weighted by atomic mass is 16.4. The molecule has 1 saturated heterocycles. The summed E-state index contributed by atoms with van der Waals surface area (Å²) in [4.78, 5) is 43.0. The van der Waals surface area contributed by atoms with Gasteiger partial charge in [-0.2, -0.15) is 0 Å². The molecule has 1 aliphatic heterocycles. The van der Waals surface area contributed by atoms with Gasteiger partial charge in [-0.3, -0.25) is 14.4 Å². The summed E-state index contributed by atoms with van der Waals surface area (Å²) >= 11 is 0. The van der Waals surface area contributed by atoms with Crippen LogP contribution in [0.15, 0.2) is 97.1 Å². The molecule has 45 heavy (non-hydrogen) atoms. The van der Waals surface area contributed by atoms with Crippen molar-refractivity contribution in [3.63, 3.8) is 0 Å². The molecule has 5 N–H and O–H groups in total. The first kappa shape index (κ1) is 35.2. The zero-order chi connectivity index (χ0) is 33.0. The average molecular weight is 613 g/mol. The molecule has 0 spiro atoms. The summed E-state index contributed by atoms with van der Waals surface area (Å²) in [6.07, 6.45) is 5.23. The Kier molecular flexibility index (Phi) is 12.6. The van der Waals surface area contributed by atoms with Crippen LogP contribution in [0.2, 0.25) is 0 Å². The van der Waals surface area contributed by atoms with E-state index in [1.165, 1.54) is 18.0 Å². The monoisotopic (exact) mass is 612 g/mol. The van der Waals surface area contributed by atoms with Crippen molar-refractivity contribution >= 4 is 17.8 Å². The second kappa shape index (κ2) is 16.2. The number of hydrogen-bond acceptors (Lipinski definition) is 5. The lowest BCUT2D eigenvalue weighted by molar-refractivity contribution is -0.155. The maximum absolute atomic E-state index is 14.0. The lowest BCUT2D eigenvalue weighted by atomic mass is 9.73. The molecule has 1 fully saturated rings. The van der Waals surface area contributed by atoms with Gasteiger partial charge in [-0.25, -0.2) is 0 Å². The summed E-state index contributed by atoms with van der Waals surface area (Å²) in [5.41, 5.74) is 13.3. The number of likely N-dealkylation sites (N-methyl/N-ethyl adjacent to an activating group) is 1.